The van der Waals surface area contributed by atoms with Crippen LogP contribution in [0.4, 0.5) is 5.82 Å². The SMILES string of the molecule is CCc1cc(NN)nc(-c2c(C)noc2C)n1. The van der Waals surface area contributed by atoms with Crippen molar-refractivity contribution in [2.45, 2.75) is 27.2 Å². The van der Waals surface area contributed by atoms with Gasteiger partial charge in [0.05, 0.1) is 11.3 Å². The Morgan fingerprint density at radius 1 is 1.35 bits per heavy atom. The predicted octanol–water partition coefficient (Wildman–Crippen LogP) is 1.60. The number of hydrazine groups is 1. The minimum atomic E-state index is 0.590. The van der Waals surface area contributed by atoms with Gasteiger partial charge in [-0.1, -0.05) is 12.1 Å². The van der Waals surface area contributed by atoms with Gasteiger partial charge in [-0.3, -0.25) is 0 Å². The fraction of sp³-hybridized carbons (Fsp3) is 0.364. The zero-order valence-electron chi connectivity index (χ0n) is 10.1. The van der Waals surface area contributed by atoms with Crippen molar-refractivity contribution < 1.29 is 4.52 Å². The van der Waals surface area contributed by atoms with E-state index in [1.807, 2.05) is 26.8 Å². The van der Waals surface area contributed by atoms with Gasteiger partial charge in [-0.25, -0.2) is 15.8 Å². The summed E-state index contributed by atoms with van der Waals surface area (Å²) in [6.07, 6.45) is 0.813. The Labute approximate surface area is 99.2 Å². The highest BCUT2D eigenvalue weighted by molar-refractivity contribution is 5.61. The van der Waals surface area contributed by atoms with E-state index in [2.05, 4.69) is 20.6 Å². The molecule has 0 radical (unpaired) electrons. The van der Waals surface area contributed by atoms with E-state index in [0.29, 0.717) is 17.4 Å². The van der Waals surface area contributed by atoms with Crippen LogP contribution in [0.3, 0.4) is 0 Å². The van der Waals surface area contributed by atoms with Crippen molar-refractivity contribution in [3.63, 3.8) is 0 Å². The summed E-state index contributed by atoms with van der Waals surface area (Å²) in [5, 5.41) is 3.90. The number of nitrogens with zero attached hydrogens (tertiary/aromatic N) is 3. The molecule has 2 rings (SSSR count). The van der Waals surface area contributed by atoms with Crippen LogP contribution in [0.25, 0.3) is 11.4 Å². The number of hydrogen-bond acceptors (Lipinski definition) is 6. The Morgan fingerprint density at radius 2 is 2.12 bits per heavy atom. The monoisotopic (exact) mass is 233 g/mol. The molecule has 0 fully saturated rings. The van der Waals surface area contributed by atoms with E-state index in [-0.39, 0.29) is 0 Å². The molecule has 90 valence electrons. The van der Waals surface area contributed by atoms with E-state index in [1.165, 1.54) is 0 Å². The molecule has 2 aromatic rings. The number of aromatic nitrogens is 3. The molecule has 0 aromatic carbocycles. The molecule has 0 aliphatic heterocycles. The summed E-state index contributed by atoms with van der Waals surface area (Å²) in [6, 6.07) is 1.82. The molecule has 6 heteroatoms. The summed E-state index contributed by atoms with van der Waals surface area (Å²) in [4.78, 5) is 8.77. The van der Waals surface area contributed by atoms with Gasteiger partial charge in [0.1, 0.15) is 11.6 Å². The van der Waals surface area contributed by atoms with Crippen molar-refractivity contribution in [1.82, 2.24) is 15.1 Å². The average molecular weight is 233 g/mol. The number of aryl methyl sites for hydroxylation is 3. The number of nitrogens with two attached hydrogens (primary N) is 1. The lowest BCUT2D eigenvalue weighted by Crippen LogP contribution is -2.10. The molecule has 0 aliphatic rings. The summed E-state index contributed by atoms with van der Waals surface area (Å²) in [5.41, 5.74) is 5.07. The maximum Gasteiger partial charge on any atom is 0.167 e. The smallest absolute Gasteiger partial charge is 0.167 e. The van der Waals surface area contributed by atoms with Crippen LogP contribution < -0.4 is 11.3 Å². The van der Waals surface area contributed by atoms with E-state index in [4.69, 9.17) is 10.4 Å². The fourth-order valence-electron chi connectivity index (χ4n) is 1.67. The van der Waals surface area contributed by atoms with Gasteiger partial charge in [0.15, 0.2) is 5.82 Å². The molecule has 0 saturated carbocycles. The van der Waals surface area contributed by atoms with Gasteiger partial charge in [-0.2, -0.15) is 0 Å². The standard InChI is InChI=1S/C11H15N5O/c1-4-8-5-9(15-12)14-11(13-8)10-6(2)16-17-7(10)3/h5H,4,12H2,1-3H3,(H,13,14,15). The number of anilines is 1. The fourth-order valence-corrected chi connectivity index (χ4v) is 1.67. The van der Waals surface area contributed by atoms with Crippen LogP contribution >= 0.6 is 0 Å². The first kappa shape index (κ1) is 11.5. The van der Waals surface area contributed by atoms with Crippen LogP contribution in [0.5, 0.6) is 0 Å². The van der Waals surface area contributed by atoms with Gasteiger partial charge in [0, 0.05) is 11.8 Å². The topological polar surface area (TPSA) is 89.9 Å². The average Bonchev–Trinajstić information content (AvgIpc) is 2.68. The van der Waals surface area contributed by atoms with Gasteiger partial charge in [-0.15, -0.1) is 0 Å². The molecule has 0 aliphatic carbocycles. The number of nitrogen functional groups attached to an aromatic ring is 1. The minimum absolute atomic E-state index is 0.590. The van der Waals surface area contributed by atoms with E-state index >= 15 is 0 Å². The molecular formula is C11H15N5O. The van der Waals surface area contributed by atoms with Gasteiger partial charge >= 0.3 is 0 Å². The third kappa shape index (κ3) is 2.12. The quantitative estimate of drug-likeness (QED) is 0.618. The van der Waals surface area contributed by atoms with Crippen LogP contribution in [0.15, 0.2) is 10.6 Å². The molecule has 0 atom stereocenters. The number of rotatable bonds is 3. The Bertz CT molecular complexity index is 493. The number of nitrogens with one attached hydrogen (secondary N) is 1. The van der Waals surface area contributed by atoms with E-state index in [9.17, 15) is 0 Å². The molecule has 0 bridgehead atoms. The number of hydrogen-bond donors (Lipinski definition) is 2. The lowest BCUT2D eigenvalue weighted by atomic mass is 10.2. The van der Waals surface area contributed by atoms with Gasteiger partial charge in [0.2, 0.25) is 0 Å². The highest BCUT2D eigenvalue weighted by Gasteiger charge is 2.15. The molecular weight excluding hydrogens is 218 g/mol. The molecule has 0 spiro atoms. The highest BCUT2D eigenvalue weighted by atomic mass is 16.5. The zero-order valence-corrected chi connectivity index (χ0v) is 10.1. The van der Waals surface area contributed by atoms with Gasteiger partial charge in [0.25, 0.3) is 0 Å². The molecule has 17 heavy (non-hydrogen) atoms. The molecule has 6 nitrogen and oxygen atoms in total. The molecule has 3 N–H and O–H groups in total. The largest absolute Gasteiger partial charge is 0.361 e. The molecule has 0 amide bonds. The summed E-state index contributed by atoms with van der Waals surface area (Å²) >= 11 is 0. The van der Waals surface area contributed by atoms with E-state index < -0.39 is 0 Å². The first-order valence-electron chi connectivity index (χ1n) is 5.43. The summed E-state index contributed by atoms with van der Waals surface area (Å²) in [7, 11) is 0. The first-order valence-corrected chi connectivity index (χ1v) is 5.43. The van der Waals surface area contributed by atoms with E-state index in [0.717, 1.165) is 23.4 Å². The van der Waals surface area contributed by atoms with Crippen molar-refractivity contribution in [2.75, 3.05) is 5.43 Å². The third-order valence-electron chi connectivity index (χ3n) is 2.55. The maximum absolute atomic E-state index is 5.39. The second-order valence-electron chi connectivity index (χ2n) is 3.77. The lowest BCUT2D eigenvalue weighted by Gasteiger charge is -2.05. The van der Waals surface area contributed by atoms with Crippen molar-refractivity contribution >= 4 is 5.82 Å². The lowest BCUT2D eigenvalue weighted by molar-refractivity contribution is 0.393. The van der Waals surface area contributed by atoms with Crippen LogP contribution in [0.1, 0.15) is 24.1 Å². The maximum atomic E-state index is 5.39. The summed E-state index contributed by atoms with van der Waals surface area (Å²) < 4.78 is 5.12. The Hall–Kier alpha value is -1.95. The predicted molar refractivity (Wildman–Crippen MR) is 64.2 cm³/mol. The zero-order chi connectivity index (χ0) is 12.4. The van der Waals surface area contributed by atoms with Crippen molar-refractivity contribution in [3.8, 4) is 11.4 Å². The minimum Gasteiger partial charge on any atom is -0.361 e. The van der Waals surface area contributed by atoms with Crippen molar-refractivity contribution in [3.05, 3.63) is 23.2 Å². The summed E-state index contributed by atoms with van der Waals surface area (Å²) in [6.45, 7) is 5.73. The van der Waals surface area contributed by atoms with Crippen LogP contribution in [-0.2, 0) is 6.42 Å². The Kier molecular flexibility index (Phi) is 3.06. The van der Waals surface area contributed by atoms with Crippen molar-refractivity contribution in [2.24, 2.45) is 5.84 Å². The van der Waals surface area contributed by atoms with Crippen LogP contribution in [0, 0.1) is 13.8 Å². The normalized spacial score (nSPS) is 10.6. The molecule has 0 unspecified atom stereocenters. The van der Waals surface area contributed by atoms with E-state index in [1.54, 1.807) is 0 Å². The van der Waals surface area contributed by atoms with Crippen LogP contribution in [-0.4, -0.2) is 15.1 Å². The van der Waals surface area contributed by atoms with Crippen molar-refractivity contribution in [1.29, 1.82) is 0 Å². The van der Waals surface area contributed by atoms with Crippen LogP contribution in [0.2, 0.25) is 0 Å². The molecule has 0 saturated heterocycles. The third-order valence-corrected chi connectivity index (χ3v) is 2.55. The molecule has 2 heterocycles. The Morgan fingerprint density at radius 3 is 2.65 bits per heavy atom. The first-order chi connectivity index (χ1) is 8.15. The molecule has 2 aromatic heterocycles. The second kappa shape index (κ2) is 4.50. The Balaban J connectivity index is 2.58. The summed E-state index contributed by atoms with van der Waals surface area (Å²) in [5.74, 6) is 7.28. The van der Waals surface area contributed by atoms with Gasteiger partial charge in [-0.05, 0) is 20.3 Å². The highest BCUT2D eigenvalue weighted by Crippen LogP contribution is 2.24. The second-order valence-corrected chi connectivity index (χ2v) is 3.77. The van der Waals surface area contributed by atoms with Gasteiger partial charge < -0.3 is 9.95 Å².